The number of pyridine rings is 1. The summed E-state index contributed by atoms with van der Waals surface area (Å²) in [7, 11) is 1.83. The summed E-state index contributed by atoms with van der Waals surface area (Å²) >= 11 is 0. The van der Waals surface area contributed by atoms with Gasteiger partial charge in [-0.05, 0) is 32.4 Å². The number of aryl methyl sites for hydroxylation is 1. The fraction of sp³-hybridized carbons (Fsp3) is 0.381. The number of rotatable bonds is 5. The van der Waals surface area contributed by atoms with Crippen LogP contribution >= 0.6 is 0 Å². The lowest BCUT2D eigenvalue weighted by Gasteiger charge is -2.26. The smallest absolute Gasteiger partial charge is 0.275 e. The van der Waals surface area contributed by atoms with E-state index in [2.05, 4.69) is 30.5 Å². The van der Waals surface area contributed by atoms with Crippen molar-refractivity contribution in [1.82, 2.24) is 25.0 Å². The molecule has 3 aromatic heterocycles. The summed E-state index contributed by atoms with van der Waals surface area (Å²) < 4.78 is 1.69. The van der Waals surface area contributed by atoms with Crippen LogP contribution in [0.5, 0.6) is 0 Å². The van der Waals surface area contributed by atoms with Crippen LogP contribution in [-0.4, -0.2) is 54.7 Å². The molecular formula is C21H25N7O2. The summed E-state index contributed by atoms with van der Waals surface area (Å²) in [4.78, 5) is 19.3. The van der Waals surface area contributed by atoms with Gasteiger partial charge >= 0.3 is 0 Å². The number of carbonyl (C=O) groups excluding carboxylic acids is 1. The fourth-order valence-electron chi connectivity index (χ4n) is 3.62. The number of hydrogen-bond acceptors (Lipinski definition) is 7. The molecule has 0 aromatic carbocycles. The standard InChI is InChI=1S/C21H25N7O2/c1-21(2,30)15-7-8-28(13-15)16-9-19(26-22-11-16)25-20(29)18-6-4-5-17(24-18)14-10-23-27(3)12-14/h4-6,9-12,15,30H,7-8,13H2,1-3H3,(H,25,26,29). The Kier molecular flexibility index (Phi) is 5.21. The Balaban J connectivity index is 1.48. The van der Waals surface area contributed by atoms with E-state index in [-0.39, 0.29) is 17.5 Å². The number of carbonyl (C=O) groups is 1. The zero-order chi connectivity index (χ0) is 21.3. The van der Waals surface area contributed by atoms with E-state index in [0.29, 0.717) is 11.5 Å². The molecular weight excluding hydrogens is 382 g/mol. The Morgan fingerprint density at radius 1 is 1.30 bits per heavy atom. The first-order valence-electron chi connectivity index (χ1n) is 9.87. The molecule has 4 rings (SSSR count). The Morgan fingerprint density at radius 3 is 2.83 bits per heavy atom. The van der Waals surface area contributed by atoms with Gasteiger partial charge in [0.2, 0.25) is 0 Å². The van der Waals surface area contributed by atoms with Crippen LogP contribution in [0.3, 0.4) is 0 Å². The maximum absolute atomic E-state index is 12.7. The van der Waals surface area contributed by atoms with Crippen LogP contribution in [0.1, 0.15) is 30.8 Å². The van der Waals surface area contributed by atoms with E-state index in [0.717, 1.165) is 30.8 Å². The lowest BCUT2D eigenvalue weighted by atomic mass is 9.90. The Morgan fingerprint density at radius 2 is 2.13 bits per heavy atom. The number of anilines is 2. The first kappa shape index (κ1) is 20.0. The highest BCUT2D eigenvalue weighted by Crippen LogP contribution is 2.30. The monoisotopic (exact) mass is 407 g/mol. The van der Waals surface area contributed by atoms with Crippen LogP contribution in [0.4, 0.5) is 11.5 Å². The summed E-state index contributed by atoms with van der Waals surface area (Å²) in [5, 5.41) is 25.2. The molecule has 0 aliphatic carbocycles. The van der Waals surface area contributed by atoms with Gasteiger partial charge in [-0.15, -0.1) is 5.10 Å². The lowest BCUT2D eigenvalue weighted by molar-refractivity contribution is 0.0263. The van der Waals surface area contributed by atoms with Crippen LogP contribution in [-0.2, 0) is 7.05 Å². The Labute approximate surface area is 174 Å². The summed E-state index contributed by atoms with van der Waals surface area (Å²) in [6.07, 6.45) is 6.12. The molecule has 0 spiro atoms. The molecule has 1 aliphatic rings. The van der Waals surface area contributed by atoms with Crippen molar-refractivity contribution in [3.8, 4) is 11.3 Å². The van der Waals surface area contributed by atoms with Gasteiger partial charge in [0.25, 0.3) is 5.91 Å². The van der Waals surface area contributed by atoms with Gasteiger partial charge in [0.05, 0.1) is 29.4 Å². The molecule has 1 aliphatic heterocycles. The van der Waals surface area contributed by atoms with Gasteiger partial charge in [0.1, 0.15) is 5.69 Å². The average Bonchev–Trinajstić information content (AvgIpc) is 3.37. The van der Waals surface area contributed by atoms with Crippen LogP contribution in [0.15, 0.2) is 42.9 Å². The van der Waals surface area contributed by atoms with Crippen LogP contribution in [0, 0.1) is 5.92 Å². The van der Waals surface area contributed by atoms with Crippen molar-refractivity contribution in [3.63, 3.8) is 0 Å². The highest BCUT2D eigenvalue weighted by Gasteiger charge is 2.33. The lowest BCUT2D eigenvalue weighted by Crippen LogP contribution is -2.33. The number of amides is 1. The third kappa shape index (κ3) is 4.30. The molecule has 9 heteroatoms. The maximum Gasteiger partial charge on any atom is 0.275 e. The van der Waals surface area contributed by atoms with Gasteiger partial charge in [-0.25, -0.2) is 4.98 Å². The molecule has 1 atom stereocenters. The quantitative estimate of drug-likeness (QED) is 0.667. The maximum atomic E-state index is 12.7. The van der Waals surface area contributed by atoms with E-state index < -0.39 is 5.60 Å². The van der Waals surface area contributed by atoms with E-state index >= 15 is 0 Å². The van der Waals surface area contributed by atoms with Crippen LogP contribution in [0.2, 0.25) is 0 Å². The van der Waals surface area contributed by atoms with Crippen molar-refractivity contribution in [1.29, 1.82) is 0 Å². The molecule has 9 nitrogen and oxygen atoms in total. The van der Waals surface area contributed by atoms with Crippen molar-refractivity contribution in [2.45, 2.75) is 25.9 Å². The topological polar surface area (TPSA) is 109 Å². The van der Waals surface area contributed by atoms with Crippen molar-refractivity contribution in [3.05, 3.63) is 48.5 Å². The SMILES string of the molecule is Cn1cc(-c2cccc(C(=O)Nc3cc(N4CCC(C(C)(C)O)C4)cnn3)n2)cn1. The van der Waals surface area contributed by atoms with Crippen molar-refractivity contribution in [2.75, 3.05) is 23.3 Å². The highest BCUT2D eigenvalue weighted by atomic mass is 16.3. The van der Waals surface area contributed by atoms with Gasteiger partial charge in [-0.1, -0.05) is 6.07 Å². The van der Waals surface area contributed by atoms with Gasteiger partial charge in [0.15, 0.2) is 5.82 Å². The molecule has 1 amide bonds. The molecule has 30 heavy (non-hydrogen) atoms. The molecule has 0 bridgehead atoms. The number of nitrogens with zero attached hydrogens (tertiary/aromatic N) is 6. The predicted octanol–water partition coefficient (Wildman–Crippen LogP) is 2.12. The van der Waals surface area contributed by atoms with Gasteiger partial charge in [-0.2, -0.15) is 10.2 Å². The average molecular weight is 407 g/mol. The fourth-order valence-corrected chi connectivity index (χ4v) is 3.62. The second-order valence-corrected chi connectivity index (χ2v) is 8.15. The van der Waals surface area contributed by atoms with Crippen molar-refractivity contribution >= 4 is 17.4 Å². The zero-order valence-electron chi connectivity index (χ0n) is 17.3. The minimum atomic E-state index is -0.725. The molecule has 3 aromatic rings. The zero-order valence-corrected chi connectivity index (χ0v) is 17.3. The number of nitrogens with one attached hydrogen (secondary N) is 1. The first-order valence-corrected chi connectivity index (χ1v) is 9.87. The summed E-state index contributed by atoms with van der Waals surface area (Å²) in [5.41, 5.74) is 1.93. The molecule has 1 saturated heterocycles. The van der Waals surface area contributed by atoms with Crippen LogP contribution < -0.4 is 10.2 Å². The van der Waals surface area contributed by atoms with E-state index in [1.54, 1.807) is 35.3 Å². The minimum Gasteiger partial charge on any atom is -0.390 e. The Hall–Kier alpha value is -3.33. The van der Waals surface area contributed by atoms with E-state index in [1.165, 1.54) is 0 Å². The molecule has 1 fully saturated rings. The normalized spacial score (nSPS) is 16.7. The molecule has 156 valence electrons. The van der Waals surface area contributed by atoms with Crippen molar-refractivity contribution < 1.29 is 9.90 Å². The molecule has 1 unspecified atom stereocenters. The summed E-state index contributed by atoms with van der Waals surface area (Å²) in [5.74, 6) is 0.184. The predicted molar refractivity (Wildman–Crippen MR) is 113 cm³/mol. The van der Waals surface area contributed by atoms with Gasteiger partial charge < -0.3 is 15.3 Å². The van der Waals surface area contributed by atoms with E-state index in [4.69, 9.17) is 0 Å². The third-order valence-electron chi connectivity index (χ3n) is 5.42. The van der Waals surface area contributed by atoms with E-state index in [1.807, 2.05) is 33.2 Å². The number of hydrogen-bond donors (Lipinski definition) is 2. The minimum absolute atomic E-state index is 0.183. The summed E-state index contributed by atoms with van der Waals surface area (Å²) in [6.45, 7) is 5.23. The Bertz CT molecular complexity index is 1060. The highest BCUT2D eigenvalue weighted by molar-refractivity contribution is 6.02. The molecule has 2 N–H and O–H groups in total. The number of aliphatic hydroxyl groups is 1. The van der Waals surface area contributed by atoms with Gasteiger partial charge in [0, 0.05) is 43.9 Å². The second kappa shape index (κ2) is 7.83. The molecule has 0 radical (unpaired) electrons. The van der Waals surface area contributed by atoms with E-state index in [9.17, 15) is 9.90 Å². The first-order chi connectivity index (χ1) is 14.3. The third-order valence-corrected chi connectivity index (χ3v) is 5.42. The largest absolute Gasteiger partial charge is 0.390 e. The number of aromatic nitrogens is 5. The molecule has 0 saturated carbocycles. The molecule has 4 heterocycles. The van der Waals surface area contributed by atoms with Gasteiger partial charge in [-0.3, -0.25) is 9.48 Å². The van der Waals surface area contributed by atoms with Crippen LogP contribution in [0.25, 0.3) is 11.3 Å². The van der Waals surface area contributed by atoms with Crippen molar-refractivity contribution in [2.24, 2.45) is 13.0 Å². The summed E-state index contributed by atoms with van der Waals surface area (Å²) in [6, 6.07) is 7.07. The second-order valence-electron chi connectivity index (χ2n) is 8.15.